The molecule has 39 heavy (non-hydrogen) atoms. The molecule has 202 valence electrons. The second-order valence-electron chi connectivity index (χ2n) is 9.83. The molecule has 0 bridgehead atoms. The summed E-state index contributed by atoms with van der Waals surface area (Å²) < 4.78 is 11.3. The van der Waals surface area contributed by atoms with Crippen molar-refractivity contribution in [1.29, 1.82) is 0 Å². The number of carbonyl (C=O) groups is 2. The Morgan fingerprint density at radius 2 is 1.79 bits per heavy atom. The molecule has 0 aliphatic carbocycles. The van der Waals surface area contributed by atoms with Crippen molar-refractivity contribution in [1.82, 2.24) is 14.8 Å². The number of pyridine rings is 1. The average Bonchev–Trinajstić information content (AvgIpc) is 3.23. The summed E-state index contributed by atoms with van der Waals surface area (Å²) in [6, 6.07) is 17.8. The number of aliphatic hydroxyl groups is 1. The van der Waals surface area contributed by atoms with E-state index in [1.54, 1.807) is 47.6 Å². The summed E-state index contributed by atoms with van der Waals surface area (Å²) >= 11 is 0. The van der Waals surface area contributed by atoms with Gasteiger partial charge in [0.2, 0.25) is 0 Å². The third-order valence-corrected chi connectivity index (χ3v) is 7.30. The van der Waals surface area contributed by atoms with Crippen LogP contribution in [-0.2, 0) is 20.9 Å². The van der Waals surface area contributed by atoms with Crippen LogP contribution >= 0.6 is 0 Å². The first-order valence-electron chi connectivity index (χ1n) is 13.3. The Labute approximate surface area is 228 Å². The highest BCUT2D eigenvalue weighted by Crippen LogP contribution is 2.39. The number of morpholine rings is 1. The van der Waals surface area contributed by atoms with Crippen molar-refractivity contribution in [2.45, 2.75) is 26.0 Å². The van der Waals surface area contributed by atoms with E-state index in [2.05, 4.69) is 9.88 Å². The minimum Gasteiger partial charge on any atom is -0.507 e. The summed E-state index contributed by atoms with van der Waals surface area (Å²) in [6.07, 6.45) is 3.99. The normalized spacial score (nSPS) is 19.4. The van der Waals surface area contributed by atoms with E-state index in [0.29, 0.717) is 49.7 Å². The summed E-state index contributed by atoms with van der Waals surface area (Å²) in [5.74, 6) is -0.858. The molecule has 2 fully saturated rings. The van der Waals surface area contributed by atoms with Crippen LogP contribution in [0.25, 0.3) is 5.76 Å². The SMILES string of the molecule is Cc1ccccc1COc1ccc(/C(O)=C2\C(=O)C(=O)N(CCCN3CCOCC3)[C@H]2c2cccnc2)cc1. The lowest BCUT2D eigenvalue weighted by atomic mass is 9.96. The number of nitrogens with zero attached hydrogens (tertiary/aromatic N) is 3. The van der Waals surface area contributed by atoms with Gasteiger partial charge in [0, 0.05) is 44.1 Å². The van der Waals surface area contributed by atoms with E-state index >= 15 is 0 Å². The Kier molecular flexibility index (Phi) is 8.34. The molecule has 0 unspecified atom stereocenters. The number of hydrogen-bond acceptors (Lipinski definition) is 7. The maximum Gasteiger partial charge on any atom is 0.295 e. The lowest BCUT2D eigenvalue weighted by molar-refractivity contribution is -0.140. The molecule has 1 N–H and O–H groups in total. The fourth-order valence-corrected chi connectivity index (χ4v) is 5.08. The molecule has 1 amide bonds. The van der Waals surface area contributed by atoms with Gasteiger partial charge in [0.1, 0.15) is 18.1 Å². The molecule has 0 radical (unpaired) electrons. The summed E-state index contributed by atoms with van der Waals surface area (Å²) in [5.41, 5.74) is 3.45. The molecule has 1 aromatic heterocycles. The molecule has 3 heterocycles. The molecule has 2 saturated heterocycles. The summed E-state index contributed by atoms with van der Waals surface area (Å²) in [7, 11) is 0. The van der Waals surface area contributed by atoms with E-state index < -0.39 is 17.7 Å². The Balaban J connectivity index is 1.36. The van der Waals surface area contributed by atoms with Gasteiger partial charge in [0.25, 0.3) is 11.7 Å². The van der Waals surface area contributed by atoms with Gasteiger partial charge in [-0.25, -0.2) is 0 Å². The van der Waals surface area contributed by atoms with Gasteiger partial charge < -0.3 is 19.5 Å². The Morgan fingerprint density at radius 1 is 1.03 bits per heavy atom. The van der Waals surface area contributed by atoms with Crippen molar-refractivity contribution in [3.8, 4) is 5.75 Å². The number of Topliss-reactive ketones (excluding diaryl/α,β-unsaturated/α-hetero) is 1. The van der Waals surface area contributed by atoms with E-state index in [4.69, 9.17) is 9.47 Å². The number of amides is 1. The molecule has 0 saturated carbocycles. The van der Waals surface area contributed by atoms with E-state index in [1.165, 1.54) is 0 Å². The fraction of sp³-hybridized carbons (Fsp3) is 0.323. The van der Waals surface area contributed by atoms with E-state index in [0.717, 1.165) is 30.8 Å². The monoisotopic (exact) mass is 527 g/mol. The maximum absolute atomic E-state index is 13.3. The number of carbonyl (C=O) groups excluding carboxylic acids is 2. The van der Waals surface area contributed by atoms with Crippen molar-refractivity contribution >= 4 is 17.4 Å². The third-order valence-electron chi connectivity index (χ3n) is 7.30. The molecule has 3 aromatic rings. The second-order valence-corrected chi connectivity index (χ2v) is 9.83. The van der Waals surface area contributed by atoms with Crippen LogP contribution in [0.5, 0.6) is 5.75 Å². The van der Waals surface area contributed by atoms with Crippen molar-refractivity contribution in [3.63, 3.8) is 0 Å². The minimum absolute atomic E-state index is 0.0768. The quantitative estimate of drug-likeness (QED) is 0.254. The molecule has 2 aromatic carbocycles. The van der Waals surface area contributed by atoms with E-state index in [1.807, 2.05) is 37.3 Å². The molecular formula is C31H33N3O5. The van der Waals surface area contributed by atoms with Gasteiger partial charge in [0.05, 0.1) is 24.8 Å². The largest absolute Gasteiger partial charge is 0.507 e. The lowest BCUT2D eigenvalue weighted by Gasteiger charge is -2.29. The first-order valence-corrected chi connectivity index (χ1v) is 13.3. The molecule has 8 nitrogen and oxygen atoms in total. The Morgan fingerprint density at radius 3 is 2.51 bits per heavy atom. The van der Waals surface area contributed by atoms with Crippen LogP contribution in [0.3, 0.4) is 0 Å². The number of rotatable bonds is 9. The number of aliphatic hydroxyl groups excluding tert-OH is 1. The molecule has 8 heteroatoms. The van der Waals surface area contributed by atoms with Crippen LogP contribution in [0.4, 0.5) is 0 Å². The molecular weight excluding hydrogens is 494 g/mol. The molecule has 2 aliphatic heterocycles. The van der Waals surface area contributed by atoms with Gasteiger partial charge in [-0.3, -0.25) is 19.5 Å². The summed E-state index contributed by atoms with van der Waals surface area (Å²) in [6.45, 7) is 6.78. The van der Waals surface area contributed by atoms with Crippen LogP contribution in [0.2, 0.25) is 0 Å². The number of likely N-dealkylation sites (tertiary alicyclic amines) is 1. The second kappa shape index (κ2) is 12.2. The molecule has 2 aliphatic rings. The van der Waals surface area contributed by atoms with Crippen molar-refractivity contribution in [3.05, 3.63) is 101 Å². The minimum atomic E-state index is -0.708. The lowest BCUT2D eigenvalue weighted by Crippen LogP contribution is -2.39. The summed E-state index contributed by atoms with van der Waals surface area (Å²) in [5, 5.41) is 11.3. The molecule has 0 spiro atoms. The van der Waals surface area contributed by atoms with Crippen molar-refractivity contribution in [2.75, 3.05) is 39.4 Å². The van der Waals surface area contributed by atoms with E-state index in [-0.39, 0.29) is 11.3 Å². The van der Waals surface area contributed by atoms with Crippen molar-refractivity contribution < 1.29 is 24.2 Å². The van der Waals surface area contributed by atoms with Gasteiger partial charge in [-0.05, 0) is 60.4 Å². The number of aromatic nitrogens is 1. The predicted octanol–water partition coefficient (Wildman–Crippen LogP) is 4.11. The van der Waals surface area contributed by atoms with Crippen LogP contribution in [0, 0.1) is 6.92 Å². The highest BCUT2D eigenvalue weighted by molar-refractivity contribution is 6.46. The first-order chi connectivity index (χ1) is 19.0. The summed E-state index contributed by atoms with van der Waals surface area (Å²) in [4.78, 5) is 34.5. The van der Waals surface area contributed by atoms with Crippen LogP contribution < -0.4 is 4.74 Å². The van der Waals surface area contributed by atoms with Crippen molar-refractivity contribution in [2.24, 2.45) is 0 Å². The van der Waals surface area contributed by atoms with Gasteiger partial charge in [-0.15, -0.1) is 0 Å². The van der Waals surface area contributed by atoms with Crippen LogP contribution in [0.15, 0.2) is 78.6 Å². The zero-order valence-corrected chi connectivity index (χ0v) is 22.1. The number of ketones is 1. The number of ether oxygens (including phenoxy) is 2. The third kappa shape index (κ3) is 6.02. The fourth-order valence-electron chi connectivity index (χ4n) is 5.08. The number of aryl methyl sites for hydroxylation is 1. The zero-order chi connectivity index (χ0) is 27.2. The zero-order valence-electron chi connectivity index (χ0n) is 22.1. The van der Waals surface area contributed by atoms with Gasteiger partial charge in [-0.2, -0.15) is 0 Å². The number of benzene rings is 2. The smallest absolute Gasteiger partial charge is 0.295 e. The Bertz CT molecular complexity index is 1330. The number of hydrogen-bond donors (Lipinski definition) is 1. The standard InChI is InChI=1S/C31H33N3O5/c1-22-6-2-3-7-25(22)21-39-26-11-9-23(10-12-26)29(35)27-28(24-8-4-13-32-20-24)34(31(37)30(27)36)15-5-14-33-16-18-38-19-17-33/h2-4,6-13,20,28,35H,5,14-19,21H2,1H3/b29-27+/t28-/m0/s1. The average molecular weight is 528 g/mol. The molecule has 5 rings (SSSR count). The topological polar surface area (TPSA) is 92.2 Å². The van der Waals surface area contributed by atoms with Crippen LogP contribution in [-0.4, -0.2) is 71.0 Å². The maximum atomic E-state index is 13.3. The van der Waals surface area contributed by atoms with Crippen LogP contribution in [0.1, 0.15) is 34.7 Å². The highest BCUT2D eigenvalue weighted by atomic mass is 16.5. The highest BCUT2D eigenvalue weighted by Gasteiger charge is 2.45. The predicted molar refractivity (Wildman–Crippen MR) is 147 cm³/mol. The van der Waals surface area contributed by atoms with Gasteiger partial charge in [0.15, 0.2) is 0 Å². The Hall–Kier alpha value is -4.01. The first kappa shape index (κ1) is 26.6. The van der Waals surface area contributed by atoms with E-state index in [9.17, 15) is 14.7 Å². The molecule has 1 atom stereocenters. The van der Waals surface area contributed by atoms with Gasteiger partial charge >= 0.3 is 0 Å². The van der Waals surface area contributed by atoms with Gasteiger partial charge in [-0.1, -0.05) is 30.3 Å².